The highest BCUT2D eigenvalue weighted by Crippen LogP contribution is 2.33. The number of hydrogen-bond acceptors (Lipinski definition) is 3. The molecule has 4 aromatic rings. The van der Waals surface area contributed by atoms with Crippen molar-refractivity contribution in [3.05, 3.63) is 115 Å². The van der Waals surface area contributed by atoms with Gasteiger partial charge in [0.2, 0.25) is 0 Å². The third-order valence-electron chi connectivity index (χ3n) is 4.75. The predicted octanol–water partition coefficient (Wildman–Crippen LogP) is 6.36. The Kier molecular flexibility index (Phi) is 6.98. The molecule has 0 aliphatic rings. The molecule has 0 atom stereocenters. The van der Waals surface area contributed by atoms with Gasteiger partial charge in [0.25, 0.3) is 0 Å². The van der Waals surface area contributed by atoms with Gasteiger partial charge in [-0.25, -0.2) is 4.79 Å². The van der Waals surface area contributed by atoms with E-state index in [0.29, 0.717) is 6.54 Å². The summed E-state index contributed by atoms with van der Waals surface area (Å²) in [7, 11) is 0. The summed E-state index contributed by atoms with van der Waals surface area (Å²) in [6.45, 7) is 0.440. The number of rotatable bonds is 7. The van der Waals surface area contributed by atoms with Crippen LogP contribution in [-0.2, 0) is 12.3 Å². The second-order valence-electron chi connectivity index (χ2n) is 7.02. The summed E-state index contributed by atoms with van der Waals surface area (Å²) in [5.74, 6) is 0.858. The van der Waals surface area contributed by atoms with Gasteiger partial charge >= 0.3 is 6.03 Å². The standard InChI is InChI=1S/C26H23N3OS/c30-26(28-18-21-7-6-16-27-17-21)29-23-14-12-20(13-15-23)19-31-25-11-5-4-10-24(25)22-8-2-1-3-9-22/h1-17H,18-19H2,(H2,28,29,30). The molecule has 0 saturated heterocycles. The molecule has 1 heterocycles. The number of urea groups is 1. The SMILES string of the molecule is O=C(NCc1cccnc1)Nc1ccc(CSc2ccccc2-c2ccccc2)cc1. The van der Waals surface area contributed by atoms with Crippen molar-refractivity contribution in [2.24, 2.45) is 0 Å². The summed E-state index contributed by atoms with van der Waals surface area (Å²) in [4.78, 5) is 17.4. The van der Waals surface area contributed by atoms with E-state index in [9.17, 15) is 4.79 Å². The van der Waals surface area contributed by atoms with Gasteiger partial charge in [-0.3, -0.25) is 4.98 Å². The molecule has 0 saturated carbocycles. The van der Waals surface area contributed by atoms with Gasteiger partial charge in [-0.1, -0.05) is 66.7 Å². The van der Waals surface area contributed by atoms with Crippen LogP contribution in [0.3, 0.4) is 0 Å². The summed E-state index contributed by atoms with van der Waals surface area (Å²) in [5, 5.41) is 5.70. The number of amides is 2. The molecule has 3 aromatic carbocycles. The molecule has 0 radical (unpaired) electrons. The second kappa shape index (κ2) is 10.5. The molecular formula is C26H23N3OS. The van der Waals surface area contributed by atoms with Gasteiger partial charge in [0.05, 0.1) is 0 Å². The molecule has 31 heavy (non-hydrogen) atoms. The Bertz CT molecular complexity index is 1120. The minimum atomic E-state index is -0.234. The predicted molar refractivity (Wildman–Crippen MR) is 128 cm³/mol. The number of nitrogens with zero attached hydrogens (tertiary/aromatic N) is 1. The third-order valence-corrected chi connectivity index (χ3v) is 5.90. The number of thioether (sulfide) groups is 1. The molecule has 4 nitrogen and oxygen atoms in total. The first-order valence-electron chi connectivity index (χ1n) is 10.1. The van der Waals surface area contributed by atoms with Crippen LogP contribution in [0.1, 0.15) is 11.1 Å². The number of carbonyl (C=O) groups is 1. The zero-order valence-electron chi connectivity index (χ0n) is 17.0. The molecule has 0 spiro atoms. The first-order chi connectivity index (χ1) is 15.3. The van der Waals surface area contributed by atoms with Crippen LogP contribution >= 0.6 is 11.8 Å². The van der Waals surface area contributed by atoms with Gasteiger partial charge in [-0.15, -0.1) is 11.8 Å². The normalized spacial score (nSPS) is 10.5. The fraction of sp³-hybridized carbons (Fsp3) is 0.0769. The van der Waals surface area contributed by atoms with E-state index in [1.165, 1.54) is 21.6 Å². The molecule has 154 valence electrons. The number of hydrogen-bond donors (Lipinski definition) is 2. The van der Waals surface area contributed by atoms with E-state index < -0.39 is 0 Å². The first kappa shape index (κ1) is 20.7. The van der Waals surface area contributed by atoms with Crippen LogP contribution in [0.15, 0.2) is 108 Å². The molecular weight excluding hydrogens is 402 g/mol. The number of anilines is 1. The second-order valence-corrected chi connectivity index (χ2v) is 8.03. The number of nitrogens with one attached hydrogen (secondary N) is 2. The highest BCUT2D eigenvalue weighted by molar-refractivity contribution is 7.98. The van der Waals surface area contributed by atoms with Crippen molar-refractivity contribution in [1.82, 2.24) is 10.3 Å². The Morgan fingerprint density at radius 3 is 2.35 bits per heavy atom. The van der Waals surface area contributed by atoms with Crippen molar-refractivity contribution in [1.29, 1.82) is 0 Å². The molecule has 0 unspecified atom stereocenters. The van der Waals surface area contributed by atoms with Crippen molar-refractivity contribution < 1.29 is 4.79 Å². The lowest BCUT2D eigenvalue weighted by Gasteiger charge is -2.10. The lowest BCUT2D eigenvalue weighted by Crippen LogP contribution is -2.28. The average molecular weight is 426 g/mol. The summed E-state index contributed by atoms with van der Waals surface area (Å²) < 4.78 is 0. The topological polar surface area (TPSA) is 54.0 Å². The quantitative estimate of drug-likeness (QED) is 0.339. The molecule has 0 bridgehead atoms. The summed E-state index contributed by atoms with van der Waals surface area (Å²) >= 11 is 1.81. The maximum absolute atomic E-state index is 12.1. The largest absolute Gasteiger partial charge is 0.334 e. The zero-order chi connectivity index (χ0) is 21.3. The highest BCUT2D eigenvalue weighted by Gasteiger charge is 2.06. The van der Waals surface area contributed by atoms with Crippen molar-refractivity contribution in [3.8, 4) is 11.1 Å². The molecule has 2 N–H and O–H groups in total. The molecule has 0 aliphatic heterocycles. The van der Waals surface area contributed by atoms with E-state index in [-0.39, 0.29) is 6.03 Å². The van der Waals surface area contributed by atoms with Crippen LogP contribution in [0.5, 0.6) is 0 Å². The van der Waals surface area contributed by atoms with Gasteiger partial charge in [0, 0.05) is 35.3 Å². The molecule has 4 rings (SSSR count). The maximum atomic E-state index is 12.1. The fourth-order valence-corrected chi connectivity index (χ4v) is 4.19. The molecule has 1 aromatic heterocycles. The van der Waals surface area contributed by atoms with Crippen LogP contribution in [-0.4, -0.2) is 11.0 Å². The fourth-order valence-electron chi connectivity index (χ4n) is 3.15. The van der Waals surface area contributed by atoms with E-state index in [1.807, 2.05) is 42.1 Å². The number of pyridine rings is 1. The van der Waals surface area contributed by atoms with Crippen molar-refractivity contribution in [2.75, 3.05) is 5.32 Å². The zero-order valence-corrected chi connectivity index (χ0v) is 17.8. The Morgan fingerprint density at radius 2 is 1.58 bits per heavy atom. The summed E-state index contributed by atoms with van der Waals surface area (Å²) in [6.07, 6.45) is 3.45. The Balaban J connectivity index is 1.32. The van der Waals surface area contributed by atoms with Gasteiger partial charge in [0.1, 0.15) is 0 Å². The third kappa shape index (κ3) is 5.96. The molecule has 2 amide bonds. The van der Waals surface area contributed by atoms with E-state index in [0.717, 1.165) is 17.0 Å². The monoisotopic (exact) mass is 425 g/mol. The van der Waals surface area contributed by atoms with Crippen LogP contribution in [0.25, 0.3) is 11.1 Å². The summed E-state index contributed by atoms with van der Waals surface area (Å²) in [6, 6.07) is 30.4. The lowest BCUT2D eigenvalue weighted by molar-refractivity contribution is 0.251. The number of aromatic nitrogens is 1. The maximum Gasteiger partial charge on any atom is 0.319 e. The molecule has 0 fully saturated rings. The van der Waals surface area contributed by atoms with E-state index >= 15 is 0 Å². The number of carbonyl (C=O) groups excluding carboxylic acids is 1. The number of benzene rings is 3. The van der Waals surface area contributed by atoms with E-state index in [2.05, 4.69) is 76.3 Å². The Morgan fingerprint density at radius 1 is 0.806 bits per heavy atom. The molecule has 5 heteroatoms. The first-order valence-corrected chi connectivity index (χ1v) is 11.1. The van der Waals surface area contributed by atoms with E-state index in [4.69, 9.17) is 0 Å². The molecule has 0 aliphatic carbocycles. The highest BCUT2D eigenvalue weighted by atomic mass is 32.2. The van der Waals surface area contributed by atoms with Gasteiger partial charge < -0.3 is 10.6 Å². The minimum Gasteiger partial charge on any atom is -0.334 e. The Labute approximate surface area is 186 Å². The average Bonchev–Trinajstić information content (AvgIpc) is 2.84. The van der Waals surface area contributed by atoms with Crippen LogP contribution < -0.4 is 10.6 Å². The van der Waals surface area contributed by atoms with Gasteiger partial charge in [-0.2, -0.15) is 0 Å². The van der Waals surface area contributed by atoms with Crippen molar-refractivity contribution in [3.63, 3.8) is 0 Å². The van der Waals surface area contributed by atoms with Gasteiger partial charge in [-0.05, 0) is 46.5 Å². The van der Waals surface area contributed by atoms with Crippen LogP contribution in [0, 0.1) is 0 Å². The van der Waals surface area contributed by atoms with Crippen LogP contribution in [0.2, 0.25) is 0 Å². The lowest BCUT2D eigenvalue weighted by atomic mass is 10.1. The minimum absolute atomic E-state index is 0.234. The summed E-state index contributed by atoms with van der Waals surface area (Å²) in [5.41, 5.74) is 5.40. The smallest absolute Gasteiger partial charge is 0.319 e. The van der Waals surface area contributed by atoms with Crippen molar-refractivity contribution in [2.45, 2.75) is 17.2 Å². The van der Waals surface area contributed by atoms with Crippen LogP contribution in [0.4, 0.5) is 10.5 Å². The Hall–Kier alpha value is -3.57. The van der Waals surface area contributed by atoms with Gasteiger partial charge in [0.15, 0.2) is 0 Å². The van der Waals surface area contributed by atoms with Crippen molar-refractivity contribution >= 4 is 23.5 Å². The van der Waals surface area contributed by atoms with E-state index in [1.54, 1.807) is 12.4 Å².